The molecule has 0 aliphatic carbocycles. The molecule has 0 bridgehead atoms. The van der Waals surface area contributed by atoms with Crippen LogP contribution in [0.1, 0.15) is 16.7 Å². The molecule has 3 nitrogen and oxygen atoms in total. The van der Waals surface area contributed by atoms with Crippen LogP contribution in [0.2, 0.25) is 0 Å². The second kappa shape index (κ2) is 8.74. The predicted molar refractivity (Wildman–Crippen MR) is 113 cm³/mol. The zero-order valence-corrected chi connectivity index (χ0v) is 16.9. The van der Waals surface area contributed by atoms with E-state index in [1.54, 1.807) is 12.1 Å². The van der Waals surface area contributed by atoms with E-state index in [1.165, 1.54) is 0 Å². The Labute approximate surface area is 166 Å². The molecule has 27 heavy (non-hydrogen) atoms. The third-order valence-corrected chi connectivity index (χ3v) is 6.19. The summed E-state index contributed by atoms with van der Waals surface area (Å²) in [5.41, 5.74) is 3.17. The zero-order valence-electron chi connectivity index (χ0n) is 15.2. The summed E-state index contributed by atoms with van der Waals surface area (Å²) in [4.78, 5) is 1.15. The SMILES string of the molecule is Cc1ccc(S(=O)(=O)NC(Cc2ccccc2)Cc2cccc(S)c2)cc1. The average molecular weight is 398 g/mol. The predicted octanol–water partition coefficient (Wildman–Crippen LogP) is 4.42. The first kappa shape index (κ1) is 19.7. The number of rotatable bonds is 7. The Morgan fingerprint density at radius 2 is 1.48 bits per heavy atom. The van der Waals surface area contributed by atoms with Gasteiger partial charge in [-0.25, -0.2) is 13.1 Å². The van der Waals surface area contributed by atoms with Crippen molar-refractivity contribution < 1.29 is 8.42 Å². The zero-order chi connectivity index (χ0) is 19.3. The van der Waals surface area contributed by atoms with Gasteiger partial charge >= 0.3 is 0 Å². The van der Waals surface area contributed by atoms with Crippen molar-refractivity contribution in [2.45, 2.75) is 35.6 Å². The van der Waals surface area contributed by atoms with Gasteiger partial charge in [0.25, 0.3) is 0 Å². The van der Waals surface area contributed by atoms with E-state index in [-0.39, 0.29) is 10.9 Å². The molecule has 140 valence electrons. The second-order valence-electron chi connectivity index (χ2n) is 6.70. The Hall–Kier alpha value is -2.08. The van der Waals surface area contributed by atoms with Crippen LogP contribution in [0.3, 0.4) is 0 Å². The number of sulfonamides is 1. The van der Waals surface area contributed by atoms with Gasteiger partial charge in [-0.05, 0) is 55.2 Å². The van der Waals surface area contributed by atoms with E-state index in [1.807, 2.05) is 73.7 Å². The van der Waals surface area contributed by atoms with Crippen molar-refractivity contribution in [3.8, 4) is 0 Å². The summed E-state index contributed by atoms with van der Waals surface area (Å²) in [5, 5.41) is 0. The Bertz CT molecular complexity index is 984. The van der Waals surface area contributed by atoms with Crippen LogP contribution in [0.25, 0.3) is 0 Å². The lowest BCUT2D eigenvalue weighted by Crippen LogP contribution is -2.38. The molecular formula is C22H23NO2S2. The maximum Gasteiger partial charge on any atom is 0.240 e. The normalized spacial score (nSPS) is 12.7. The van der Waals surface area contributed by atoms with Gasteiger partial charge in [0.2, 0.25) is 10.0 Å². The maximum atomic E-state index is 12.9. The van der Waals surface area contributed by atoms with Crippen LogP contribution in [0.4, 0.5) is 0 Å². The summed E-state index contributed by atoms with van der Waals surface area (Å²) < 4.78 is 28.6. The summed E-state index contributed by atoms with van der Waals surface area (Å²) in [6, 6.07) is 24.4. The van der Waals surface area contributed by atoms with Gasteiger partial charge in [0, 0.05) is 10.9 Å². The molecule has 5 heteroatoms. The van der Waals surface area contributed by atoms with E-state index in [4.69, 9.17) is 0 Å². The van der Waals surface area contributed by atoms with Crippen LogP contribution in [-0.2, 0) is 22.9 Å². The van der Waals surface area contributed by atoms with Crippen LogP contribution in [0.15, 0.2) is 88.7 Å². The quantitative estimate of drug-likeness (QED) is 0.580. The number of aryl methyl sites for hydroxylation is 1. The van der Waals surface area contributed by atoms with Crippen LogP contribution in [-0.4, -0.2) is 14.5 Å². The topological polar surface area (TPSA) is 46.2 Å². The molecule has 3 rings (SSSR count). The fraction of sp³-hybridized carbons (Fsp3) is 0.182. The first-order valence-corrected chi connectivity index (χ1v) is 10.8. The number of benzene rings is 3. The van der Waals surface area contributed by atoms with Crippen molar-refractivity contribution in [2.75, 3.05) is 0 Å². The minimum absolute atomic E-state index is 0.256. The van der Waals surface area contributed by atoms with Crippen molar-refractivity contribution in [3.63, 3.8) is 0 Å². The molecule has 1 atom stereocenters. The number of hydrogen-bond donors (Lipinski definition) is 2. The van der Waals surface area contributed by atoms with E-state index < -0.39 is 10.0 Å². The van der Waals surface area contributed by atoms with Gasteiger partial charge < -0.3 is 0 Å². The van der Waals surface area contributed by atoms with Gasteiger partial charge in [-0.3, -0.25) is 0 Å². The molecular weight excluding hydrogens is 374 g/mol. The van der Waals surface area contributed by atoms with Crippen molar-refractivity contribution in [1.29, 1.82) is 0 Å². The third kappa shape index (κ3) is 5.70. The largest absolute Gasteiger partial charge is 0.240 e. The Balaban J connectivity index is 1.85. The molecule has 0 aromatic heterocycles. The summed E-state index contributed by atoms with van der Waals surface area (Å²) in [7, 11) is -3.60. The third-order valence-electron chi connectivity index (χ3n) is 4.37. The molecule has 0 saturated carbocycles. The highest BCUT2D eigenvalue weighted by atomic mass is 32.2. The van der Waals surface area contributed by atoms with Crippen molar-refractivity contribution in [1.82, 2.24) is 4.72 Å². The van der Waals surface area contributed by atoms with Gasteiger partial charge in [-0.15, -0.1) is 12.6 Å². The van der Waals surface area contributed by atoms with Crippen molar-refractivity contribution >= 4 is 22.7 Å². The molecule has 0 radical (unpaired) electrons. The van der Waals surface area contributed by atoms with Crippen LogP contribution in [0.5, 0.6) is 0 Å². The lowest BCUT2D eigenvalue weighted by atomic mass is 10.00. The molecule has 3 aromatic carbocycles. The maximum absolute atomic E-state index is 12.9. The van der Waals surface area contributed by atoms with Gasteiger partial charge in [0.1, 0.15) is 0 Å². The average Bonchev–Trinajstić information content (AvgIpc) is 2.62. The molecule has 0 spiro atoms. The van der Waals surface area contributed by atoms with E-state index in [0.717, 1.165) is 21.6 Å². The van der Waals surface area contributed by atoms with E-state index >= 15 is 0 Å². The second-order valence-corrected chi connectivity index (χ2v) is 8.93. The summed E-state index contributed by atoms with van der Waals surface area (Å²) in [6.07, 6.45) is 1.21. The minimum atomic E-state index is -3.60. The Kier molecular flexibility index (Phi) is 6.37. The Morgan fingerprint density at radius 3 is 2.15 bits per heavy atom. The molecule has 3 aromatic rings. The van der Waals surface area contributed by atoms with Gasteiger partial charge in [-0.2, -0.15) is 0 Å². The molecule has 0 aliphatic heterocycles. The highest BCUT2D eigenvalue weighted by molar-refractivity contribution is 7.89. The number of thiol groups is 1. The highest BCUT2D eigenvalue weighted by Gasteiger charge is 2.21. The summed E-state index contributed by atoms with van der Waals surface area (Å²) >= 11 is 4.39. The summed E-state index contributed by atoms with van der Waals surface area (Å²) in [5.74, 6) is 0. The number of nitrogens with one attached hydrogen (secondary N) is 1. The van der Waals surface area contributed by atoms with E-state index in [9.17, 15) is 8.42 Å². The standard InChI is InChI=1S/C22H23NO2S2/c1-17-10-12-22(13-11-17)27(24,25)23-20(14-18-6-3-2-4-7-18)15-19-8-5-9-21(26)16-19/h2-13,16,20,23,26H,14-15H2,1H3. The monoisotopic (exact) mass is 397 g/mol. The van der Waals surface area contributed by atoms with Crippen molar-refractivity contribution in [3.05, 3.63) is 95.6 Å². The first-order valence-electron chi connectivity index (χ1n) is 8.83. The van der Waals surface area contributed by atoms with Gasteiger partial charge in [0.05, 0.1) is 4.90 Å². The molecule has 0 aliphatic rings. The number of hydrogen-bond acceptors (Lipinski definition) is 3. The minimum Gasteiger partial charge on any atom is -0.207 e. The van der Waals surface area contributed by atoms with Crippen molar-refractivity contribution in [2.24, 2.45) is 0 Å². The fourth-order valence-electron chi connectivity index (χ4n) is 3.03. The van der Waals surface area contributed by atoms with Gasteiger partial charge in [-0.1, -0.05) is 60.2 Å². The molecule has 0 saturated heterocycles. The van der Waals surface area contributed by atoms with Gasteiger partial charge in [0.15, 0.2) is 0 Å². The lowest BCUT2D eigenvalue weighted by molar-refractivity contribution is 0.543. The summed E-state index contributed by atoms with van der Waals surface area (Å²) in [6.45, 7) is 1.94. The Morgan fingerprint density at radius 1 is 0.852 bits per heavy atom. The molecule has 0 amide bonds. The van der Waals surface area contributed by atoms with Crippen LogP contribution >= 0.6 is 12.6 Å². The lowest BCUT2D eigenvalue weighted by Gasteiger charge is -2.19. The highest BCUT2D eigenvalue weighted by Crippen LogP contribution is 2.16. The van der Waals surface area contributed by atoms with E-state index in [0.29, 0.717) is 12.8 Å². The molecule has 0 heterocycles. The van der Waals surface area contributed by atoms with Crippen LogP contribution < -0.4 is 4.72 Å². The molecule has 0 fully saturated rings. The first-order chi connectivity index (χ1) is 12.9. The molecule has 1 N–H and O–H groups in total. The smallest absolute Gasteiger partial charge is 0.207 e. The molecule has 1 unspecified atom stereocenters. The van der Waals surface area contributed by atoms with Crippen LogP contribution in [0, 0.1) is 6.92 Å². The van der Waals surface area contributed by atoms with E-state index in [2.05, 4.69) is 17.4 Å². The fourth-order valence-corrected chi connectivity index (χ4v) is 4.51.